The topological polar surface area (TPSA) is 58.2 Å². The van der Waals surface area contributed by atoms with Crippen molar-refractivity contribution in [3.8, 4) is 0 Å². The Balaban J connectivity index is 1.76. The lowest BCUT2D eigenvalue weighted by Gasteiger charge is -2.16. The maximum Gasteiger partial charge on any atom is 0.228 e. The zero-order chi connectivity index (χ0) is 13.2. The van der Waals surface area contributed by atoms with Gasteiger partial charge in [-0.15, -0.1) is 0 Å². The van der Waals surface area contributed by atoms with E-state index in [4.69, 9.17) is 0 Å². The maximum absolute atomic E-state index is 12.0. The van der Waals surface area contributed by atoms with Crippen LogP contribution in [0.3, 0.4) is 0 Å². The van der Waals surface area contributed by atoms with Crippen molar-refractivity contribution in [1.29, 1.82) is 0 Å². The molecule has 19 heavy (non-hydrogen) atoms. The van der Waals surface area contributed by atoms with Gasteiger partial charge in [0.05, 0.1) is 5.92 Å². The number of carbonyl (C=O) groups is 2. The normalized spacial score (nSPS) is 22.1. The Hall–Kier alpha value is -1.68. The van der Waals surface area contributed by atoms with Gasteiger partial charge in [-0.3, -0.25) is 9.59 Å². The standard InChI is InChI=1S/C15H18N2O2/c18-14-3-1-2-10-4-5-12(8-13(10)14)17-15(19)11-6-7-16-9-11/h4-5,8,11,16H,1-3,6-7,9H2,(H,17,19). The molecule has 0 saturated carbocycles. The molecule has 0 radical (unpaired) electrons. The van der Waals surface area contributed by atoms with E-state index in [1.165, 1.54) is 0 Å². The zero-order valence-electron chi connectivity index (χ0n) is 10.9. The summed E-state index contributed by atoms with van der Waals surface area (Å²) in [4.78, 5) is 23.9. The first-order chi connectivity index (χ1) is 9.24. The largest absolute Gasteiger partial charge is 0.326 e. The lowest BCUT2D eigenvalue weighted by Crippen LogP contribution is -2.25. The summed E-state index contributed by atoms with van der Waals surface area (Å²) in [5, 5.41) is 6.10. The molecule has 1 aliphatic heterocycles. The van der Waals surface area contributed by atoms with Crippen LogP contribution in [0.5, 0.6) is 0 Å². The molecule has 2 N–H and O–H groups in total. The van der Waals surface area contributed by atoms with E-state index in [9.17, 15) is 9.59 Å². The highest BCUT2D eigenvalue weighted by Gasteiger charge is 2.23. The Morgan fingerprint density at radius 2 is 2.21 bits per heavy atom. The number of hydrogen-bond acceptors (Lipinski definition) is 3. The average molecular weight is 258 g/mol. The predicted molar refractivity (Wildman–Crippen MR) is 73.3 cm³/mol. The van der Waals surface area contributed by atoms with Crippen molar-refractivity contribution in [2.45, 2.75) is 25.7 Å². The second-order valence-corrected chi connectivity index (χ2v) is 5.33. The van der Waals surface area contributed by atoms with Gasteiger partial charge < -0.3 is 10.6 Å². The third-order valence-electron chi connectivity index (χ3n) is 3.96. The van der Waals surface area contributed by atoms with Crippen LogP contribution in [0.2, 0.25) is 0 Å². The highest BCUT2D eigenvalue weighted by molar-refractivity contribution is 6.00. The van der Waals surface area contributed by atoms with Crippen LogP contribution >= 0.6 is 0 Å². The Kier molecular flexibility index (Phi) is 3.34. The minimum atomic E-state index is 0.0479. The van der Waals surface area contributed by atoms with Crippen LogP contribution in [0, 0.1) is 5.92 Å². The second kappa shape index (κ2) is 5.13. The first-order valence-electron chi connectivity index (χ1n) is 6.92. The van der Waals surface area contributed by atoms with E-state index >= 15 is 0 Å². The number of carbonyl (C=O) groups excluding carboxylic acids is 2. The number of ketones is 1. The van der Waals surface area contributed by atoms with Gasteiger partial charge in [-0.2, -0.15) is 0 Å². The predicted octanol–water partition coefficient (Wildman–Crippen LogP) is 1.75. The van der Waals surface area contributed by atoms with Gasteiger partial charge in [0, 0.05) is 24.2 Å². The van der Waals surface area contributed by atoms with E-state index in [1.807, 2.05) is 18.2 Å². The minimum Gasteiger partial charge on any atom is -0.326 e. The van der Waals surface area contributed by atoms with Gasteiger partial charge in [-0.05, 0) is 43.5 Å². The highest BCUT2D eigenvalue weighted by Crippen LogP contribution is 2.24. The van der Waals surface area contributed by atoms with E-state index in [0.717, 1.165) is 49.2 Å². The van der Waals surface area contributed by atoms with Crippen LogP contribution in [0.25, 0.3) is 0 Å². The summed E-state index contributed by atoms with van der Waals surface area (Å²) in [7, 11) is 0. The molecule has 0 spiro atoms. The number of hydrogen-bond donors (Lipinski definition) is 2. The summed E-state index contributed by atoms with van der Waals surface area (Å²) in [6.45, 7) is 1.65. The molecule has 1 fully saturated rings. The van der Waals surface area contributed by atoms with Gasteiger partial charge in [0.2, 0.25) is 5.91 Å². The zero-order valence-corrected chi connectivity index (χ0v) is 10.9. The Morgan fingerprint density at radius 1 is 1.32 bits per heavy atom. The smallest absolute Gasteiger partial charge is 0.228 e. The quantitative estimate of drug-likeness (QED) is 0.849. The average Bonchev–Trinajstić information content (AvgIpc) is 2.94. The molecule has 4 nitrogen and oxygen atoms in total. The summed E-state index contributed by atoms with van der Waals surface area (Å²) >= 11 is 0. The summed E-state index contributed by atoms with van der Waals surface area (Å²) in [6.07, 6.45) is 3.40. The van der Waals surface area contributed by atoms with Crippen molar-refractivity contribution in [2.75, 3.05) is 18.4 Å². The molecular formula is C15H18N2O2. The highest BCUT2D eigenvalue weighted by atomic mass is 16.2. The second-order valence-electron chi connectivity index (χ2n) is 5.33. The molecular weight excluding hydrogens is 240 g/mol. The number of rotatable bonds is 2. The Morgan fingerprint density at radius 3 is 3.00 bits per heavy atom. The van der Waals surface area contributed by atoms with Gasteiger partial charge in [-0.1, -0.05) is 6.07 Å². The van der Waals surface area contributed by atoms with Gasteiger partial charge in [-0.25, -0.2) is 0 Å². The van der Waals surface area contributed by atoms with Crippen LogP contribution in [0.4, 0.5) is 5.69 Å². The molecule has 0 aromatic heterocycles. The van der Waals surface area contributed by atoms with Crippen LogP contribution in [0.1, 0.15) is 35.2 Å². The summed E-state index contributed by atoms with van der Waals surface area (Å²) in [6, 6.07) is 5.70. The first kappa shape index (κ1) is 12.4. The van der Waals surface area contributed by atoms with Gasteiger partial charge in [0.25, 0.3) is 0 Å². The molecule has 1 saturated heterocycles. The Labute approximate surface area is 112 Å². The number of anilines is 1. The van der Waals surface area contributed by atoms with Gasteiger partial charge >= 0.3 is 0 Å². The number of nitrogens with one attached hydrogen (secondary N) is 2. The fourth-order valence-electron chi connectivity index (χ4n) is 2.83. The number of amides is 1. The number of Topliss-reactive ketones (excluding diaryl/α,β-unsaturated/α-hetero) is 1. The molecule has 4 heteroatoms. The van der Waals surface area contributed by atoms with E-state index in [1.54, 1.807) is 0 Å². The molecule has 1 aliphatic carbocycles. The van der Waals surface area contributed by atoms with E-state index < -0.39 is 0 Å². The molecule has 1 aromatic carbocycles. The molecule has 0 bridgehead atoms. The van der Waals surface area contributed by atoms with Crippen molar-refractivity contribution in [3.05, 3.63) is 29.3 Å². The minimum absolute atomic E-state index is 0.0479. The lowest BCUT2D eigenvalue weighted by atomic mass is 9.90. The van der Waals surface area contributed by atoms with Crippen molar-refractivity contribution < 1.29 is 9.59 Å². The van der Waals surface area contributed by atoms with Crippen LogP contribution in [-0.2, 0) is 11.2 Å². The molecule has 100 valence electrons. The van der Waals surface area contributed by atoms with Gasteiger partial charge in [0.1, 0.15) is 0 Å². The van der Waals surface area contributed by atoms with E-state index in [-0.39, 0.29) is 17.6 Å². The summed E-state index contributed by atoms with van der Waals surface area (Å²) in [5.74, 6) is 0.292. The van der Waals surface area contributed by atoms with E-state index in [2.05, 4.69) is 10.6 Å². The van der Waals surface area contributed by atoms with Crippen molar-refractivity contribution in [2.24, 2.45) is 5.92 Å². The number of benzene rings is 1. The van der Waals surface area contributed by atoms with Crippen LogP contribution in [0.15, 0.2) is 18.2 Å². The van der Waals surface area contributed by atoms with Crippen LogP contribution in [-0.4, -0.2) is 24.8 Å². The van der Waals surface area contributed by atoms with Crippen molar-refractivity contribution >= 4 is 17.4 Å². The van der Waals surface area contributed by atoms with Crippen molar-refractivity contribution in [1.82, 2.24) is 5.32 Å². The molecule has 2 aliphatic rings. The number of fused-ring (bicyclic) bond motifs is 1. The molecule has 3 rings (SSSR count). The summed E-state index contributed by atoms with van der Waals surface area (Å²) < 4.78 is 0. The molecule has 1 heterocycles. The third-order valence-corrected chi connectivity index (χ3v) is 3.96. The van der Waals surface area contributed by atoms with Gasteiger partial charge in [0.15, 0.2) is 5.78 Å². The van der Waals surface area contributed by atoms with Crippen molar-refractivity contribution in [3.63, 3.8) is 0 Å². The monoisotopic (exact) mass is 258 g/mol. The molecule has 1 aromatic rings. The SMILES string of the molecule is O=C1CCCc2ccc(NC(=O)C3CCNC3)cc21. The molecule has 1 unspecified atom stereocenters. The third kappa shape index (κ3) is 2.54. The first-order valence-corrected chi connectivity index (χ1v) is 6.92. The fraction of sp³-hybridized carbons (Fsp3) is 0.467. The molecule has 1 atom stereocenters. The molecule has 1 amide bonds. The van der Waals surface area contributed by atoms with E-state index in [0.29, 0.717) is 6.42 Å². The van der Waals surface area contributed by atoms with Crippen LogP contribution < -0.4 is 10.6 Å². The maximum atomic E-state index is 12.0. The lowest BCUT2D eigenvalue weighted by molar-refractivity contribution is -0.119. The fourth-order valence-corrected chi connectivity index (χ4v) is 2.83. The number of aryl methyl sites for hydroxylation is 1. The Bertz CT molecular complexity index is 519. The summed E-state index contributed by atoms with van der Waals surface area (Å²) in [5.41, 5.74) is 2.64.